The molecule has 1 unspecified atom stereocenters. The molecular formula is C11H17N3OS. The Balaban J connectivity index is 2.56. The summed E-state index contributed by atoms with van der Waals surface area (Å²) in [5.74, 6) is 1.15. The van der Waals surface area contributed by atoms with E-state index in [1.807, 2.05) is 13.2 Å². The van der Waals surface area contributed by atoms with Gasteiger partial charge in [-0.15, -0.1) is 0 Å². The van der Waals surface area contributed by atoms with Crippen LogP contribution in [-0.2, 0) is 0 Å². The number of aromatic nitrogens is 1. The first kappa shape index (κ1) is 12.8. The van der Waals surface area contributed by atoms with Crippen LogP contribution in [0.1, 0.15) is 23.7 Å². The number of hydrogen-bond donors (Lipinski definition) is 2. The van der Waals surface area contributed by atoms with Crippen LogP contribution in [0.4, 0.5) is 5.82 Å². The molecule has 5 heteroatoms. The lowest BCUT2D eigenvalue weighted by molar-refractivity contribution is 0.0940. The largest absolute Gasteiger partial charge is 0.383 e. The number of amides is 1. The minimum atomic E-state index is -0.154. The van der Waals surface area contributed by atoms with Crippen molar-refractivity contribution in [3.63, 3.8) is 0 Å². The van der Waals surface area contributed by atoms with Gasteiger partial charge in [0.15, 0.2) is 0 Å². The highest BCUT2D eigenvalue weighted by Gasteiger charge is 2.12. The van der Waals surface area contributed by atoms with E-state index in [1.165, 1.54) is 0 Å². The summed E-state index contributed by atoms with van der Waals surface area (Å²) < 4.78 is 0. The molecule has 1 atom stereocenters. The fourth-order valence-electron chi connectivity index (χ4n) is 1.28. The van der Waals surface area contributed by atoms with Crippen molar-refractivity contribution in [3.05, 3.63) is 23.9 Å². The van der Waals surface area contributed by atoms with Gasteiger partial charge in [-0.1, -0.05) is 0 Å². The minimum Gasteiger partial charge on any atom is -0.383 e. The lowest BCUT2D eigenvalue weighted by atomic mass is 10.2. The molecule has 0 radical (unpaired) electrons. The molecule has 1 aromatic heterocycles. The van der Waals surface area contributed by atoms with Crippen LogP contribution < -0.4 is 11.1 Å². The van der Waals surface area contributed by atoms with Gasteiger partial charge in [-0.3, -0.25) is 4.79 Å². The van der Waals surface area contributed by atoms with Gasteiger partial charge >= 0.3 is 0 Å². The van der Waals surface area contributed by atoms with Crippen LogP contribution in [0.3, 0.4) is 0 Å². The Bertz CT molecular complexity index is 357. The van der Waals surface area contributed by atoms with E-state index in [-0.39, 0.29) is 17.8 Å². The van der Waals surface area contributed by atoms with Crippen molar-refractivity contribution in [1.82, 2.24) is 10.3 Å². The molecule has 16 heavy (non-hydrogen) atoms. The average Bonchev–Trinajstić information content (AvgIpc) is 2.26. The van der Waals surface area contributed by atoms with Crippen molar-refractivity contribution in [3.8, 4) is 0 Å². The number of carbonyl (C=O) groups excluding carboxylic acids is 1. The first-order chi connectivity index (χ1) is 7.65. The van der Waals surface area contributed by atoms with Gasteiger partial charge in [-0.25, -0.2) is 4.98 Å². The zero-order chi connectivity index (χ0) is 12.0. The number of pyridine rings is 1. The molecule has 0 aromatic carbocycles. The fraction of sp³-hybridized carbons (Fsp3) is 0.455. The third-order valence-electron chi connectivity index (χ3n) is 2.22. The first-order valence-corrected chi connectivity index (χ1v) is 6.54. The highest BCUT2D eigenvalue weighted by molar-refractivity contribution is 7.98. The van der Waals surface area contributed by atoms with Gasteiger partial charge in [0, 0.05) is 12.2 Å². The van der Waals surface area contributed by atoms with Crippen molar-refractivity contribution >= 4 is 23.5 Å². The van der Waals surface area contributed by atoms with E-state index in [9.17, 15) is 4.79 Å². The number of rotatable bonds is 5. The summed E-state index contributed by atoms with van der Waals surface area (Å²) >= 11 is 1.77. The van der Waals surface area contributed by atoms with Gasteiger partial charge in [-0.05, 0) is 37.5 Å². The zero-order valence-electron chi connectivity index (χ0n) is 9.56. The maximum atomic E-state index is 11.8. The lowest BCUT2D eigenvalue weighted by Gasteiger charge is -2.13. The van der Waals surface area contributed by atoms with Gasteiger partial charge in [0.05, 0.1) is 5.56 Å². The van der Waals surface area contributed by atoms with Crippen LogP contribution >= 0.6 is 11.8 Å². The maximum absolute atomic E-state index is 11.8. The van der Waals surface area contributed by atoms with Gasteiger partial charge in [0.1, 0.15) is 5.82 Å². The van der Waals surface area contributed by atoms with E-state index in [0.717, 1.165) is 12.2 Å². The summed E-state index contributed by atoms with van der Waals surface area (Å²) in [4.78, 5) is 15.7. The summed E-state index contributed by atoms with van der Waals surface area (Å²) in [6.07, 6.45) is 4.57. The number of nitrogens with one attached hydrogen (secondary N) is 1. The summed E-state index contributed by atoms with van der Waals surface area (Å²) in [6, 6.07) is 3.54. The molecule has 0 aliphatic rings. The van der Waals surface area contributed by atoms with Crippen molar-refractivity contribution < 1.29 is 4.79 Å². The number of thioether (sulfide) groups is 1. The number of nitrogens with zero attached hydrogens (tertiary/aromatic N) is 1. The van der Waals surface area contributed by atoms with Crippen LogP contribution in [0.2, 0.25) is 0 Å². The van der Waals surface area contributed by atoms with Crippen LogP contribution in [0.5, 0.6) is 0 Å². The number of nitrogen functional groups attached to an aromatic ring is 1. The third kappa shape index (κ3) is 3.73. The molecule has 1 aromatic rings. The van der Waals surface area contributed by atoms with Crippen molar-refractivity contribution in [2.24, 2.45) is 0 Å². The maximum Gasteiger partial charge on any atom is 0.255 e. The summed E-state index contributed by atoms with van der Waals surface area (Å²) in [7, 11) is 0. The molecule has 4 nitrogen and oxygen atoms in total. The molecule has 0 saturated heterocycles. The predicted molar refractivity (Wildman–Crippen MR) is 68.6 cm³/mol. The normalized spacial score (nSPS) is 12.1. The van der Waals surface area contributed by atoms with E-state index in [2.05, 4.69) is 10.3 Å². The Morgan fingerprint density at radius 1 is 1.69 bits per heavy atom. The SMILES string of the molecule is CSCCC(C)NC(=O)c1cccnc1N. The van der Waals surface area contributed by atoms with E-state index >= 15 is 0 Å². The molecule has 1 amide bonds. The standard InChI is InChI=1S/C11H17N3OS/c1-8(5-7-16-2)14-11(15)9-4-3-6-13-10(9)12/h3-4,6,8H,5,7H2,1-2H3,(H2,12,13)(H,14,15). The van der Waals surface area contributed by atoms with Crippen LogP contribution in [0.25, 0.3) is 0 Å². The van der Waals surface area contributed by atoms with Crippen LogP contribution in [0, 0.1) is 0 Å². The molecule has 1 rings (SSSR count). The second-order valence-corrected chi connectivity index (χ2v) is 4.58. The number of hydrogen-bond acceptors (Lipinski definition) is 4. The van der Waals surface area contributed by atoms with Crippen molar-refractivity contribution in [2.75, 3.05) is 17.7 Å². The van der Waals surface area contributed by atoms with E-state index in [1.54, 1.807) is 30.1 Å². The molecule has 0 aliphatic carbocycles. The molecule has 0 spiro atoms. The second kappa shape index (κ2) is 6.37. The minimum absolute atomic E-state index is 0.152. The Morgan fingerprint density at radius 2 is 2.44 bits per heavy atom. The Labute approximate surface area is 100 Å². The van der Waals surface area contributed by atoms with Gasteiger partial charge < -0.3 is 11.1 Å². The van der Waals surface area contributed by atoms with E-state index < -0.39 is 0 Å². The molecule has 88 valence electrons. The number of carbonyl (C=O) groups is 1. The third-order valence-corrected chi connectivity index (χ3v) is 2.86. The highest BCUT2D eigenvalue weighted by atomic mass is 32.2. The number of nitrogens with two attached hydrogens (primary N) is 1. The van der Waals surface area contributed by atoms with Crippen molar-refractivity contribution in [1.29, 1.82) is 0 Å². The molecular weight excluding hydrogens is 222 g/mol. The quantitative estimate of drug-likeness (QED) is 0.817. The Kier molecular flexibility index (Phi) is 5.11. The summed E-state index contributed by atoms with van der Waals surface area (Å²) in [6.45, 7) is 1.99. The molecule has 0 bridgehead atoms. The lowest BCUT2D eigenvalue weighted by Crippen LogP contribution is -2.33. The molecule has 0 aliphatic heterocycles. The van der Waals surface area contributed by atoms with Gasteiger partial charge in [0.2, 0.25) is 0 Å². The monoisotopic (exact) mass is 239 g/mol. The highest BCUT2D eigenvalue weighted by Crippen LogP contribution is 2.07. The summed E-state index contributed by atoms with van der Waals surface area (Å²) in [5.41, 5.74) is 6.06. The van der Waals surface area contributed by atoms with Crippen LogP contribution in [-0.4, -0.2) is 28.9 Å². The van der Waals surface area contributed by atoms with Crippen molar-refractivity contribution in [2.45, 2.75) is 19.4 Å². The fourth-order valence-corrected chi connectivity index (χ4v) is 1.87. The smallest absolute Gasteiger partial charge is 0.255 e. The predicted octanol–water partition coefficient (Wildman–Crippen LogP) is 1.54. The van der Waals surface area contributed by atoms with Crippen LogP contribution in [0.15, 0.2) is 18.3 Å². The zero-order valence-corrected chi connectivity index (χ0v) is 10.4. The molecule has 3 N–H and O–H groups in total. The molecule has 0 fully saturated rings. The van der Waals surface area contributed by atoms with Gasteiger partial charge in [0.25, 0.3) is 5.91 Å². The average molecular weight is 239 g/mol. The van der Waals surface area contributed by atoms with Gasteiger partial charge in [-0.2, -0.15) is 11.8 Å². The first-order valence-electron chi connectivity index (χ1n) is 5.15. The Morgan fingerprint density at radius 3 is 3.06 bits per heavy atom. The van der Waals surface area contributed by atoms with E-state index in [0.29, 0.717) is 5.56 Å². The topological polar surface area (TPSA) is 68.0 Å². The molecule has 1 heterocycles. The van der Waals surface area contributed by atoms with E-state index in [4.69, 9.17) is 5.73 Å². The molecule has 0 saturated carbocycles. The number of anilines is 1. The summed E-state index contributed by atoms with van der Waals surface area (Å²) in [5, 5.41) is 2.90. The Hall–Kier alpha value is -1.23. The second-order valence-electron chi connectivity index (χ2n) is 3.59.